The molecular weight excluding hydrogens is 306 g/mol. The molecule has 2 rings (SSSR count). The molecule has 0 bridgehead atoms. The van der Waals surface area contributed by atoms with Crippen LogP contribution in [0.2, 0.25) is 0 Å². The molecule has 0 unspecified atom stereocenters. The average Bonchev–Trinajstić information content (AvgIpc) is 2.61. The molecule has 6 nitrogen and oxygen atoms in total. The van der Waals surface area contributed by atoms with Gasteiger partial charge in [-0.3, -0.25) is 14.6 Å². The van der Waals surface area contributed by atoms with E-state index in [1.165, 1.54) is 4.90 Å². The molecule has 24 heavy (non-hydrogen) atoms. The van der Waals surface area contributed by atoms with Gasteiger partial charge < -0.3 is 14.5 Å². The minimum atomic E-state index is -0.0636. The number of likely N-dealkylation sites (tertiary alicyclic amines) is 1. The van der Waals surface area contributed by atoms with Gasteiger partial charge in [-0.25, -0.2) is 0 Å². The number of carbonyl (C=O) groups excluding carboxylic acids is 2. The SMILES string of the molecule is COCCC1CCN(C(=O)CN(C)C(=O)Cc2cccnc2)CC1. The van der Waals surface area contributed by atoms with E-state index in [4.69, 9.17) is 4.74 Å². The average molecular weight is 333 g/mol. The molecule has 0 aliphatic carbocycles. The van der Waals surface area contributed by atoms with Crippen LogP contribution in [0.5, 0.6) is 0 Å². The zero-order valence-corrected chi connectivity index (χ0v) is 14.6. The predicted octanol–water partition coefficient (Wildman–Crippen LogP) is 1.36. The number of ether oxygens (including phenoxy) is 1. The van der Waals surface area contributed by atoms with Crippen molar-refractivity contribution in [3.63, 3.8) is 0 Å². The van der Waals surface area contributed by atoms with Gasteiger partial charge in [-0.05, 0) is 36.8 Å². The summed E-state index contributed by atoms with van der Waals surface area (Å²) in [6, 6.07) is 3.67. The first-order valence-corrected chi connectivity index (χ1v) is 8.49. The van der Waals surface area contributed by atoms with Crippen LogP contribution in [-0.4, -0.2) is 67.0 Å². The summed E-state index contributed by atoms with van der Waals surface area (Å²) in [5.41, 5.74) is 0.862. The fourth-order valence-electron chi connectivity index (χ4n) is 2.96. The van der Waals surface area contributed by atoms with Gasteiger partial charge in [0.15, 0.2) is 0 Å². The highest BCUT2D eigenvalue weighted by Gasteiger charge is 2.24. The number of nitrogens with zero attached hydrogens (tertiary/aromatic N) is 3. The first-order chi connectivity index (χ1) is 11.6. The summed E-state index contributed by atoms with van der Waals surface area (Å²) < 4.78 is 5.12. The highest BCUT2D eigenvalue weighted by molar-refractivity contribution is 5.85. The molecule has 0 aromatic carbocycles. The third-order valence-corrected chi connectivity index (χ3v) is 4.57. The largest absolute Gasteiger partial charge is 0.385 e. The molecule has 1 aliphatic heterocycles. The number of rotatable bonds is 7. The lowest BCUT2D eigenvalue weighted by Gasteiger charge is -2.33. The Hall–Kier alpha value is -1.95. The first kappa shape index (κ1) is 18.4. The topological polar surface area (TPSA) is 62.7 Å². The lowest BCUT2D eigenvalue weighted by atomic mass is 9.94. The highest BCUT2D eigenvalue weighted by Crippen LogP contribution is 2.20. The standard InChI is InChI=1S/C18H27N3O3/c1-20(17(22)12-16-4-3-8-19-13-16)14-18(23)21-9-5-15(6-10-21)7-11-24-2/h3-4,8,13,15H,5-7,9-12,14H2,1-2H3. The molecular formula is C18H27N3O3. The van der Waals surface area contributed by atoms with E-state index in [0.29, 0.717) is 5.92 Å². The maximum Gasteiger partial charge on any atom is 0.242 e. The van der Waals surface area contributed by atoms with Gasteiger partial charge in [0.05, 0.1) is 13.0 Å². The molecule has 2 amide bonds. The highest BCUT2D eigenvalue weighted by atomic mass is 16.5. The van der Waals surface area contributed by atoms with Crippen molar-refractivity contribution in [2.75, 3.05) is 40.4 Å². The van der Waals surface area contributed by atoms with E-state index < -0.39 is 0 Å². The monoisotopic (exact) mass is 333 g/mol. The summed E-state index contributed by atoms with van der Waals surface area (Å²) in [4.78, 5) is 32.0. The summed E-state index contributed by atoms with van der Waals surface area (Å²) in [5.74, 6) is 0.604. The Morgan fingerprint density at radius 3 is 2.75 bits per heavy atom. The molecule has 132 valence electrons. The van der Waals surface area contributed by atoms with Crippen molar-refractivity contribution in [3.05, 3.63) is 30.1 Å². The second-order valence-corrected chi connectivity index (χ2v) is 6.39. The Balaban J connectivity index is 1.74. The van der Waals surface area contributed by atoms with Gasteiger partial charge in [-0.1, -0.05) is 6.07 Å². The van der Waals surface area contributed by atoms with Crippen molar-refractivity contribution in [3.8, 4) is 0 Å². The molecule has 6 heteroatoms. The van der Waals surface area contributed by atoms with E-state index in [0.717, 1.165) is 44.5 Å². The molecule has 1 fully saturated rings. The number of aromatic nitrogens is 1. The summed E-state index contributed by atoms with van der Waals surface area (Å²) >= 11 is 0. The van der Waals surface area contributed by atoms with Crippen molar-refractivity contribution >= 4 is 11.8 Å². The van der Waals surface area contributed by atoms with Crippen molar-refractivity contribution in [2.45, 2.75) is 25.7 Å². The van der Waals surface area contributed by atoms with E-state index in [-0.39, 0.29) is 24.8 Å². The molecule has 1 aromatic heterocycles. The van der Waals surface area contributed by atoms with E-state index in [1.54, 1.807) is 26.6 Å². The van der Waals surface area contributed by atoms with E-state index >= 15 is 0 Å². The van der Waals surface area contributed by atoms with Crippen LogP contribution in [0, 0.1) is 5.92 Å². The number of hydrogen-bond acceptors (Lipinski definition) is 4. The molecule has 0 radical (unpaired) electrons. The van der Waals surface area contributed by atoms with E-state index in [9.17, 15) is 9.59 Å². The van der Waals surface area contributed by atoms with Gasteiger partial charge in [0.2, 0.25) is 11.8 Å². The maximum absolute atomic E-state index is 12.4. The Morgan fingerprint density at radius 1 is 1.38 bits per heavy atom. The lowest BCUT2D eigenvalue weighted by molar-refractivity contribution is -0.140. The van der Waals surface area contributed by atoms with Crippen molar-refractivity contribution in [2.24, 2.45) is 5.92 Å². The van der Waals surface area contributed by atoms with Crippen LogP contribution in [0.4, 0.5) is 0 Å². The molecule has 1 aromatic rings. The van der Waals surface area contributed by atoms with Crippen molar-refractivity contribution in [1.82, 2.24) is 14.8 Å². The van der Waals surface area contributed by atoms with Gasteiger partial charge in [-0.15, -0.1) is 0 Å². The predicted molar refractivity (Wildman–Crippen MR) is 91.4 cm³/mol. The van der Waals surface area contributed by atoms with Gasteiger partial charge >= 0.3 is 0 Å². The van der Waals surface area contributed by atoms with Crippen LogP contribution in [0.15, 0.2) is 24.5 Å². The van der Waals surface area contributed by atoms with Crippen molar-refractivity contribution < 1.29 is 14.3 Å². The van der Waals surface area contributed by atoms with Gasteiger partial charge in [0.1, 0.15) is 0 Å². The number of carbonyl (C=O) groups is 2. The molecule has 0 spiro atoms. The third kappa shape index (κ3) is 5.60. The zero-order chi connectivity index (χ0) is 17.4. The van der Waals surface area contributed by atoms with Crippen LogP contribution in [0.1, 0.15) is 24.8 Å². The number of piperidine rings is 1. The minimum Gasteiger partial charge on any atom is -0.385 e. The van der Waals surface area contributed by atoms with Gasteiger partial charge in [-0.2, -0.15) is 0 Å². The van der Waals surface area contributed by atoms with Gasteiger partial charge in [0.25, 0.3) is 0 Å². The fraction of sp³-hybridized carbons (Fsp3) is 0.611. The smallest absolute Gasteiger partial charge is 0.242 e. The van der Waals surface area contributed by atoms with Crippen LogP contribution >= 0.6 is 0 Å². The fourth-order valence-corrected chi connectivity index (χ4v) is 2.96. The van der Waals surface area contributed by atoms with E-state index in [1.807, 2.05) is 17.0 Å². The second-order valence-electron chi connectivity index (χ2n) is 6.39. The number of likely N-dealkylation sites (N-methyl/N-ethyl adjacent to an activating group) is 1. The van der Waals surface area contributed by atoms with Crippen LogP contribution < -0.4 is 0 Å². The summed E-state index contributed by atoms with van der Waals surface area (Å²) in [6.07, 6.45) is 6.72. The Kier molecular flexibility index (Phi) is 7.18. The van der Waals surface area contributed by atoms with Crippen LogP contribution in [-0.2, 0) is 20.7 Å². The summed E-state index contributed by atoms with van der Waals surface area (Å²) in [6.45, 7) is 2.47. The van der Waals surface area contributed by atoms with Crippen LogP contribution in [0.25, 0.3) is 0 Å². The maximum atomic E-state index is 12.4. The Labute approximate surface area is 143 Å². The molecule has 0 N–H and O–H groups in total. The molecule has 2 heterocycles. The number of methoxy groups -OCH3 is 1. The third-order valence-electron chi connectivity index (χ3n) is 4.57. The van der Waals surface area contributed by atoms with Gasteiger partial charge in [0, 0.05) is 46.2 Å². The number of pyridine rings is 1. The lowest BCUT2D eigenvalue weighted by Crippen LogP contribution is -2.45. The second kappa shape index (κ2) is 9.37. The zero-order valence-electron chi connectivity index (χ0n) is 14.6. The Bertz CT molecular complexity index is 528. The molecule has 1 aliphatic rings. The number of amides is 2. The number of hydrogen-bond donors (Lipinski definition) is 0. The summed E-state index contributed by atoms with van der Waals surface area (Å²) in [5, 5.41) is 0. The first-order valence-electron chi connectivity index (χ1n) is 8.49. The quantitative estimate of drug-likeness (QED) is 0.756. The molecule has 0 atom stereocenters. The summed E-state index contributed by atoms with van der Waals surface area (Å²) in [7, 11) is 3.40. The normalized spacial score (nSPS) is 15.3. The van der Waals surface area contributed by atoms with E-state index in [2.05, 4.69) is 4.98 Å². The van der Waals surface area contributed by atoms with Crippen LogP contribution in [0.3, 0.4) is 0 Å². The molecule has 1 saturated heterocycles. The minimum absolute atomic E-state index is 0.0298. The van der Waals surface area contributed by atoms with Crippen molar-refractivity contribution in [1.29, 1.82) is 0 Å². The Morgan fingerprint density at radius 2 is 2.12 bits per heavy atom. The molecule has 0 saturated carbocycles.